The minimum Gasteiger partial charge on any atom is -0.348 e. The summed E-state index contributed by atoms with van der Waals surface area (Å²) < 4.78 is 164. The van der Waals surface area contributed by atoms with E-state index in [1.165, 1.54) is 6.07 Å². The van der Waals surface area contributed by atoms with Gasteiger partial charge in [0.15, 0.2) is 6.23 Å². The van der Waals surface area contributed by atoms with Gasteiger partial charge in [-0.15, -0.1) is 0 Å². The van der Waals surface area contributed by atoms with Crippen molar-refractivity contribution in [1.29, 1.82) is 5.26 Å². The number of amides is 1. The topological polar surface area (TPSA) is 62.6 Å². The first-order valence-corrected chi connectivity index (χ1v) is 8.61. The van der Waals surface area contributed by atoms with Crippen LogP contribution in [-0.2, 0) is 14.3 Å². The molecule has 0 saturated carbocycles. The molecule has 2 atom stereocenters. The summed E-state index contributed by atoms with van der Waals surface area (Å²) in [5.74, 6) is -1.42. The van der Waals surface area contributed by atoms with Crippen molar-refractivity contribution in [3.8, 4) is 6.07 Å². The first kappa shape index (κ1) is 27.5. The van der Waals surface area contributed by atoms with Crippen LogP contribution in [0.3, 0.4) is 0 Å². The van der Waals surface area contributed by atoms with Crippen LogP contribution in [0.2, 0.25) is 0 Å². The Hall–Kier alpha value is -2.74. The molecule has 2 unspecified atom stereocenters. The molecule has 0 fully saturated rings. The number of fused-ring (bicyclic) bond motifs is 1. The van der Waals surface area contributed by atoms with Gasteiger partial charge >= 0.3 is 24.7 Å². The molecule has 17 heteroatoms. The molecule has 1 aromatic carbocycles. The van der Waals surface area contributed by atoms with Gasteiger partial charge in [0.1, 0.15) is 6.10 Å². The third-order valence-corrected chi connectivity index (χ3v) is 4.33. The average molecular weight is 518 g/mol. The zero-order chi connectivity index (χ0) is 26.4. The van der Waals surface area contributed by atoms with Gasteiger partial charge in [0.2, 0.25) is 12.0 Å². The monoisotopic (exact) mass is 518 g/mol. The van der Waals surface area contributed by atoms with Crippen molar-refractivity contribution in [3.05, 3.63) is 29.3 Å². The van der Waals surface area contributed by atoms with Crippen LogP contribution < -0.4 is 4.90 Å². The molecular formula is C17H10F12N2O3. The molecule has 0 bridgehead atoms. The second-order valence-corrected chi connectivity index (χ2v) is 6.78. The second-order valence-electron chi connectivity index (χ2n) is 6.78. The maximum atomic E-state index is 13.0. The van der Waals surface area contributed by atoms with E-state index >= 15 is 0 Å². The molecular weight excluding hydrogens is 508 g/mol. The molecule has 1 aliphatic rings. The normalized spacial score (nSPS) is 19.5. The molecule has 1 amide bonds. The Morgan fingerprint density at radius 2 is 1.32 bits per heavy atom. The Kier molecular flexibility index (Phi) is 7.12. The summed E-state index contributed by atoms with van der Waals surface area (Å²) in [5.41, 5.74) is -2.00. The summed E-state index contributed by atoms with van der Waals surface area (Å²) in [4.78, 5) is 12.0. The molecule has 0 saturated heterocycles. The van der Waals surface area contributed by atoms with Crippen molar-refractivity contribution in [3.63, 3.8) is 0 Å². The molecule has 0 radical (unpaired) electrons. The van der Waals surface area contributed by atoms with Crippen LogP contribution in [0.1, 0.15) is 24.2 Å². The summed E-state index contributed by atoms with van der Waals surface area (Å²) in [6.45, 7) is 0.544. The summed E-state index contributed by atoms with van der Waals surface area (Å²) in [6.07, 6.45) is -40.2. The fourth-order valence-corrected chi connectivity index (χ4v) is 3.08. The standard InChI is InChI=1S/C17H10F12N2O3/c1-6(32)31-9-4-7(5-30)2-3-8(9)10(33-12(14(18,19)20)15(21,22)23)11(31)34-13(16(24,25)26)17(27,28)29/h2-4,10-13H,1H3. The SMILES string of the molecule is CC(=O)N1c2cc(C#N)ccc2C(OC(C(F)(F)F)C(F)(F)F)C1OC(C(F)(F)F)C(F)(F)F. The Balaban J connectivity index is 2.72. The number of hydrogen-bond donors (Lipinski definition) is 0. The zero-order valence-electron chi connectivity index (χ0n) is 16.2. The molecule has 5 nitrogen and oxygen atoms in total. The molecule has 190 valence electrons. The van der Waals surface area contributed by atoms with Crippen LogP contribution in [0.25, 0.3) is 0 Å². The van der Waals surface area contributed by atoms with Gasteiger partial charge in [-0.25, -0.2) is 0 Å². The maximum Gasteiger partial charge on any atom is 0.423 e. The number of carbonyl (C=O) groups excluding carboxylic acids is 1. The highest BCUT2D eigenvalue weighted by Gasteiger charge is 2.63. The molecule has 1 aromatic rings. The first-order chi connectivity index (χ1) is 15.2. The van der Waals surface area contributed by atoms with Crippen LogP contribution in [0.5, 0.6) is 0 Å². The predicted octanol–water partition coefficient (Wildman–Crippen LogP) is 5.31. The van der Waals surface area contributed by atoms with E-state index in [4.69, 9.17) is 5.26 Å². The first-order valence-electron chi connectivity index (χ1n) is 8.61. The van der Waals surface area contributed by atoms with Crippen molar-refractivity contribution in [2.45, 2.75) is 56.2 Å². The molecule has 1 heterocycles. The van der Waals surface area contributed by atoms with Crippen LogP contribution in [0.4, 0.5) is 58.4 Å². The van der Waals surface area contributed by atoms with Gasteiger partial charge < -0.3 is 9.47 Å². The number of nitrogens with zero attached hydrogens (tertiary/aromatic N) is 2. The summed E-state index contributed by atoms with van der Waals surface area (Å²) in [7, 11) is 0. The van der Waals surface area contributed by atoms with Crippen LogP contribution in [0.15, 0.2) is 18.2 Å². The number of benzene rings is 1. The van der Waals surface area contributed by atoms with Gasteiger partial charge in [0.05, 0.1) is 17.3 Å². The highest BCUT2D eigenvalue weighted by molar-refractivity contribution is 5.95. The molecule has 1 aliphatic heterocycles. The number of halogens is 12. The number of hydrogen-bond acceptors (Lipinski definition) is 4. The number of anilines is 1. The van der Waals surface area contributed by atoms with Gasteiger partial charge in [0, 0.05) is 12.5 Å². The van der Waals surface area contributed by atoms with E-state index in [1.807, 2.05) is 0 Å². The molecule has 0 spiro atoms. The third-order valence-electron chi connectivity index (χ3n) is 4.33. The van der Waals surface area contributed by atoms with Crippen LogP contribution in [-0.4, -0.2) is 49.0 Å². The fraction of sp³-hybridized carbons (Fsp3) is 0.529. The van der Waals surface area contributed by atoms with Crippen molar-refractivity contribution < 1.29 is 67.0 Å². The van der Waals surface area contributed by atoms with E-state index < -0.39 is 66.4 Å². The Labute approximate surface area is 181 Å². The van der Waals surface area contributed by atoms with Gasteiger partial charge in [-0.05, 0) is 12.1 Å². The van der Waals surface area contributed by atoms with Crippen molar-refractivity contribution in [1.82, 2.24) is 0 Å². The van der Waals surface area contributed by atoms with Crippen molar-refractivity contribution in [2.75, 3.05) is 4.90 Å². The van der Waals surface area contributed by atoms with E-state index in [-0.39, 0.29) is 10.5 Å². The average Bonchev–Trinajstić information content (AvgIpc) is 2.92. The largest absolute Gasteiger partial charge is 0.423 e. The second kappa shape index (κ2) is 8.80. The number of nitriles is 1. The predicted molar refractivity (Wildman–Crippen MR) is 84.8 cm³/mol. The minimum atomic E-state index is -6.23. The molecule has 0 aromatic heterocycles. The van der Waals surface area contributed by atoms with E-state index in [9.17, 15) is 57.5 Å². The third kappa shape index (κ3) is 5.66. The maximum absolute atomic E-state index is 13.0. The molecule has 34 heavy (non-hydrogen) atoms. The Morgan fingerprint density at radius 1 is 0.882 bits per heavy atom. The van der Waals surface area contributed by atoms with Crippen LogP contribution in [0, 0.1) is 11.3 Å². The Bertz CT molecular complexity index is 933. The summed E-state index contributed by atoms with van der Waals surface area (Å²) >= 11 is 0. The van der Waals surface area contributed by atoms with Gasteiger partial charge in [-0.2, -0.15) is 57.9 Å². The number of alkyl halides is 12. The van der Waals surface area contributed by atoms with Crippen LogP contribution >= 0.6 is 0 Å². The van der Waals surface area contributed by atoms with Gasteiger partial charge in [0.25, 0.3) is 6.10 Å². The Morgan fingerprint density at radius 3 is 1.71 bits per heavy atom. The fourth-order valence-electron chi connectivity index (χ4n) is 3.08. The molecule has 0 N–H and O–H groups in total. The lowest BCUT2D eigenvalue weighted by atomic mass is 10.1. The lowest BCUT2D eigenvalue weighted by Gasteiger charge is -2.34. The number of rotatable bonds is 4. The number of carbonyl (C=O) groups is 1. The smallest absolute Gasteiger partial charge is 0.348 e. The van der Waals surface area contributed by atoms with Crippen molar-refractivity contribution in [2.24, 2.45) is 0 Å². The number of ether oxygens (including phenoxy) is 2. The van der Waals surface area contributed by atoms with E-state index in [2.05, 4.69) is 9.47 Å². The van der Waals surface area contributed by atoms with Gasteiger partial charge in [-0.3, -0.25) is 9.69 Å². The van der Waals surface area contributed by atoms with E-state index in [0.717, 1.165) is 6.07 Å². The summed E-state index contributed by atoms with van der Waals surface area (Å²) in [6, 6.07) is 3.55. The van der Waals surface area contributed by atoms with Gasteiger partial charge in [-0.1, -0.05) is 6.07 Å². The minimum absolute atomic E-state index is 0.0465. The van der Waals surface area contributed by atoms with E-state index in [1.54, 1.807) is 0 Å². The lowest BCUT2D eigenvalue weighted by Crippen LogP contribution is -2.53. The van der Waals surface area contributed by atoms with Crippen molar-refractivity contribution >= 4 is 11.6 Å². The quantitative estimate of drug-likeness (QED) is 0.507. The summed E-state index contributed by atoms with van der Waals surface area (Å²) in [5, 5.41) is 8.93. The highest BCUT2D eigenvalue weighted by atomic mass is 19.4. The highest BCUT2D eigenvalue weighted by Crippen LogP contribution is 2.49. The zero-order valence-corrected chi connectivity index (χ0v) is 16.2. The lowest BCUT2D eigenvalue weighted by molar-refractivity contribution is -0.356. The van der Waals surface area contributed by atoms with E-state index in [0.29, 0.717) is 19.1 Å². The molecule has 2 rings (SSSR count). The molecule has 0 aliphatic carbocycles.